The molecule has 3 heteroatoms. The zero-order valence-electron chi connectivity index (χ0n) is 12.9. The van der Waals surface area contributed by atoms with Crippen LogP contribution in [0.1, 0.15) is 74.1 Å². The van der Waals surface area contributed by atoms with Crippen LogP contribution in [-0.4, -0.2) is 6.54 Å². The first-order valence-corrected chi connectivity index (χ1v) is 9.81. The first-order valence-electron chi connectivity index (χ1n) is 8.20. The van der Waals surface area contributed by atoms with E-state index in [9.17, 15) is 0 Å². The van der Waals surface area contributed by atoms with Gasteiger partial charge in [0.2, 0.25) is 0 Å². The zero-order valence-corrected chi connectivity index (χ0v) is 15.3. The van der Waals surface area contributed by atoms with Gasteiger partial charge in [-0.05, 0) is 54.2 Å². The average molecular weight is 358 g/mol. The van der Waals surface area contributed by atoms with E-state index < -0.39 is 0 Å². The van der Waals surface area contributed by atoms with Crippen LogP contribution >= 0.6 is 27.3 Å². The highest BCUT2D eigenvalue weighted by Crippen LogP contribution is 2.36. The summed E-state index contributed by atoms with van der Waals surface area (Å²) in [5, 5.41) is 3.78. The van der Waals surface area contributed by atoms with Gasteiger partial charge in [0.1, 0.15) is 0 Å². The molecule has 1 heterocycles. The Morgan fingerprint density at radius 3 is 2.55 bits per heavy atom. The number of nitrogens with one attached hydrogen (secondary N) is 1. The maximum Gasteiger partial charge on any atom is 0.0417 e. The molecule has 0 radical (unpaired) electrons. The summed E-state index contributed by atoms with van der Waals surface area (Å²) in [5.74, 6) is 0.924. The lowest BCUT2D eigenvalue weighted by atomic mass is 9.92. The Balaban J connectivity index is 2.02. The van der Waals surface area contributed by atoms with E-state index in [1.54, 1.807) is 0 Å². The fourth-order valence-corrected chi connectivity index (χ4v) is 4.85. The highest BCUT2D eigenvalue weighted by Gasteiger charge is 2.21. The fourth-order valence-electron chi connectivity index (χ4n) is 3.20. The SMILES string of the molecule is CCCNC(CC1CCCCCC1)c1cc(Br)c(C)s1. The molecule has 1 aromatic rings. The van der Waals surface area contributed by atoms with Crippen molar-refractivity contribution in [2.45, 2.75) is 71.3 Å². The van der Waals surface area contributed by atoms with Crippen molar-refractivity contribution in [2.75, 3.05) is 6.54 Å². The Kier molecular flexibility index (Phi) is 7.06. The molecule has 1 aliphatic rings. The molecule has 1 nitrogen and oxygen atoms in total. The third kappa shape index (κ3) is 4.85. The van der Waals surface area contributed by atoms with Crippen molar-refractivity contribution in [1.29, 1.82) is 0 Å². The number of rotatable bonds is 6. The lowest BCUT2D eigenvalue weighted by Gasteiger charge is -2.23. The third-order valence-corrected chi connectivity index (χ3v) is 6.65. The van der Waals surface area contributed by atoms with Crippen molar-refractivity contribution < 1.29 is 0 Å². The van der Waals surface area contributed by atoms with E-state index in [4.69, 9.17) is 0 Å². The summed E-state index contributed by atoms with van der Waals surface area (Å²) in [6, 6.07) is 2.90. The minimum atomic E-state index is 0.563. The normalized spacial score (nSPS) is 18.9. The van der Waals surface area contributed by atoms with Gasteiger partial charge in [-0.2, -0.15) is 0 Å². The van der Waals surface area contributed by atoms with Gasteiger partial charge >= 0.3 is 0 Å². The summed E-state index contributed by atoms with van der Waals surface area (Å²) in [6.45, 7) is 5.60. The van der Waals surface area contributed by atoms with Crippen LogP contribution in [0.3, 0.4) is 0 Å². The first kappa shape index (κ1) is 16.5. The van der Waals surface area contributed by atoms with Gasteiger partial charge in [0.15, 0.2) is 0 Å². The molecule has 0 aromatic carbocycles. The second kappa shape index (κ2) is 8.55. The highest BCUT2D eigenvalue weighted by molar-refractivity contribution is 9.10. The second-order valence-electron chi connectivity index (χ2n) is 6.15. The summed E-state index contributed by atoms with van der Waals surface area (Å²) < 4.78 is 1.28. The number of thiophene rings is 1. The second-order valence-corrected chi connectivity index (χ2v) is 8.30. The molecule has 1 aliphatic carbocycles. The van der Waals surface area contributed by atoms with Gasteiger partial charge in [0, 0.05) is 20.3 Å². The van der Waals surface area contributed by atoms with Crippen molar-refractivity contribution in [3.8, 4) is 0 Å². The van der Waals surface area contributed by atoms with E-state index in [1.807, 2.05) is 11.3 Å². The molecular weight excluding hydrogens is 330 g/mol. The quantitative estimate of drug-likeness (QED) is 0.595. The van der Waals surface area contributed by atoms with Crippen molar-refractivity contribution in [1.82, 2.24) is 5.32 Å². The predicted molar refractivity (Wildman–Crippen MR) is 93.6 cm³/mol. The Labute approximate surface area is 136 Å². The molecule has 1 atom stereocenters. The van der Waals surface area contributed by atoms with Crippen molar-refractivity contribution >= 4 is 27.3 Å². The molecule has 0 amide bonds. The number of hydrogen-bond acceptors (Lipinski definition) is 2. The summed E-state index contributed by atoms with van der Waals surface area (Å²) in [4.78, 5) is 2.93. The van der Waals surface area contributed by atoms with Gasteiger partial charge in [0.05, 0.1) is 0 Å². The summed E-state index contributed by atoms with van der Waals surface area (Å²) >= 11 is 5.63. The number of halogens is 1. The van der Waals surface area contributed by atoms with Crippen molar-refractivity contribution in [3.05, 3.63) is 20.3 Å². The van der Waals surface area contributed by atoms with Crippen LogP contribution in [-0.2, 0) is 0 Å². The van der Waals surface area contributed by atoms with Crippen LogP contribution in [0.5, 0.6) is 0 Å². The van der Waals surface area contributed by atoms with E-state index in [-0.39, 0.29) is 0 Å². The van der Waals surface area contributed by atoms with E-state index in [0.717, 1.165) is 12.5 Å². The Morgan fingerprint density at radius 2 is 2.00 bits per heavy atom. The van der Waals surface area contributed by atoms with Crippen molar-refractivity contribution in [2.24, 2.45) is 5.92 Å². The average Bonchev–Trinajstić information content (AvgIpc) is 2.66. The smallest absolute Gasteiger partial charge is 0.0417 e. The van der Waals surface area contributed by atoms with Gasteiger partial charge in [-0.3, -0.25) is 0 Å². The van der Waals surface area contributed by atoms with E-state index in [1.165, 1.54) is 65.6 Å². The molecule has 0 spiro atoms. The monoisotopic (exact) mass is 357 g/mol. The van der Waals surface area contributed by atoms with Gasteiger partial charge in [-0.25, -0.2) is 0 Å². The summed E-state index contributed by atoms with van der Waals surface area (Å²) in [5.41, 5.74) is 0. The lowest BCUT2D eigenvalue weighted by molar-refractivity contribution is 0.359. The zero-order chi connectivity index (χ0) is 14.4. The molecule has 0 saturated heterocycles. The molecule has 1 saturated carbocycles. The van der Waals surface area contributed by atoms with Crippen LogP contribution in [0.25, 0.3) is 0 Å². The molecule has 2 rings (SSSR count). The summed E-state index contributed by atoms with van der Waals surface area (Å²) in [6.07, 6.45) is 11.2. The van der Waals surface area contributed by atoms with E-state index in [2.05, 4.69) is 41.2 Å². The minimum absolute atomic E-state index is 0.563. The lowest BCUT2D eigenvalue weighted by Crippen LogP contribution is -2.23. The van der Waals surface area contributed by atoms with Crippen LogP contribution in [0.4, 0.5) is 0 Å². The van der Waals surface area contributed by atoms with Crippen LogP contribution in [0.2, 0.25) is 0 Å². The van der Waals surface area contributed by atoms with Crippen LogP contribution in [0, 0.1) is 12.8 Å². The molecule has 1 unspecified atom stereocenters. The fraction of sp³-hybridized carbons (Fsp3) is 0.765. The molecule has 114 valence electrons. The number of aryl methyl sites for hydroxylation is 1. The molecule has 20 heavy (non-hydrogen) atoms. The molecule has 1 fully saturated rings. The minimum Gasteiger partial charge on any atom is -0.309 e. The molecule has 1 aromatic heterocycles. The molecule has 1 N–H and O–H groups in total. The Morgan fingerprint density at radius 1 is 1.30 bits per heavy atom. The van der Waals surface area contributed by atoms with Crippen molar-refractivity contribution in [3.63, 3.8) is 0 Å². The maximum atomic E-state index is 3.78. The maximum absolute atomic E-state index is 3.78. The van der Waals surface area contributed by atoms with Gasteiger partial charge in [-0.15, -0.1) is 11.3 Å². The van der Waals surface area contributed by atoms with Crippen LogP contribution < -0.4 is 5.32 Å². The van der Waals surface area contributed by atoms with Gasteiger partial charge in [0.25, 0.3) is 0 Å². The van der Waals surface area contributed by atoms with Gasteiger partial charge in [-0.1, -0.05) is 45.4 Å². The molecule has 0 aliphatic heterocycles. The largest absolute Gasteiger partial charge is 0.309 e. The predicted octanol–water partition coefficient (Wildman–Crippen LogP) is 6.22. The molecule has 0 bridgehead atoms. The van der Waals surface area contributed by atoms with E-state index in [0.29, 0.717) is 6.04 Å². The van der Waals surface area contributed by atoms with Crippen LogP contribution in [0.15, 0.2) is 10.5 Å². The third-order valence-electron chi connectivity index (χ3n) is 4.40. The Bertz CT molecular complexity index is 374. The van der Waals surface area contributed by atoms with Gasteiger partial charge < -0.3 is 5.32 Å². The molecular formula is C17H28BrNS. The summed E-state index contributed by atoms with van der Waals surface area (Å²) in [7, 11) is 0. The number of hydrogen-bond donors (Lipinski definition) is 1. The van der Waals surface area contributed by atoms with E-state index >= 15 is 0 Å². The topological polar surface area (TPSA) is 12.0 Å². The standard InChI is InChI=1S/C17H28BrNS/c1-3-10-19-16(17-12-15(18)13(2)20-17)11-14-8-6-4-5-7-9-14/h12,14,16,19H,3-11H2,1-2H3. The Hall–Kier alpha value is 0.140. The first-order chi connectivity index (χ1) is 9.70. The highest BCUT2D eigenvalue weighted by atomic mass is 79.9.